The molecule has 1 amide bonds. The summed E-state index contributed by atoms with van der Waals surface area (Å²) in [5.41, 5.74) is 3.65. The van der Waals surface area contributed by atoms with E-state index in [1.807, 2.05) is 26.0 Å². The molecule has 0 fully saturated rings. The van der Waals surface area contributed by atoms with Gasteiger partial charge in [0, 0.05) is 11.5 Å². The number of amides is 1. The molecule has 1 unspecified atom stereocenters. The number of nitrogens with one attached hydrogen (secondary N) is 2. The average molecular weight is 267 g/mol. The summed E-state index contributed by atoms with van der Waals surface area (Å²) < 4.78 is 0. The van der Waals surface area contributed by atoms with Gasteiger partial charge in [-0.15, -0.1) is 10.2 Å². The Kier molecular flexibility index (Phi) is 2.00. The zero-order chi connectivity index (χ0) is 13.9. The molecule has 1 aromatic rings. The molecule has 0 radical (unpaired) electrons. The fourth-order valence-electron chi connectivity index (χ4n) is 2.69. The second kappa shape index (κ2) is 3.53. The van der Waals surface area contributed by atoms with Crippen LogP contribution in [0.25, 0.3) is 0 Å². The van der Waals surface area contributed by atoms with Gasteiger partial charge in [0.15, 0.2) is 5.82 Å². The van der Waals surface area contributed by atoms with Crippen molar-refractivity contribution in [3.05, 3.63) is 52.4 Å². The van der Waals surface area contributed by atoms with E-state index in [1.54, 1.807) is 0 Å². The molecular weight excluding hydrogens is 254 g/mol. The summed E-state index contributed by atoms with van der Waals surface area (Å²) in [6.07, 6.45) is 8.21. The molecule has 1 atom stereocenters. The standard InChI is InChI=1S/C14H13N5O/c1-14(2,13-16-18-19-17-13)15-12(20)9-4-3-8-10-5-7(10)6-11(8)9/h3-6,10H,1-2H3,(H,15,20)(H,16,17,18,19). The molecule has 20 heavy (non-hydrogen) atoms. The van der Waals surface area contributed by atoms with Crippen LogP contribution in [0.15, 0.2) is 46.6 Å². The fourth-order valence-corrected chi connectivity index (χ4v) is 2.69. The van der Waals surface area contributed by atoms with Gasteiger partial charge in [-0.1, -0.05) is 17.4 Å². The third-order valence-electron chi connectivity index (χ3n) is 3.86. The van der Waals surface area contributed by atoms with Crippen molar-refractivity contribution in [2.75, 3.05) is 0 Å². The van der Waals surface area contributed by atoms with Crippen molar-refractivity contribution in [2.45, 2.75) is 19.4 Å². The molecule has 0 aliphatic heterocycles. The molecule has 2 N–H and O–H groups in total. The largest absolute Gasteiger partial charge is 0.340 e. The summed E-state index contributed by atoms with van der Waals surface area (Å²) in [5, 5.41) is 16.8. The van der Waals surface area contributed by atoms with Gasteiger partial charge in [-0.3, -0.25) is 4.79 Å². The number of tetrazole rings is 1. The Bertz CT molecular complexity index is 734. The first kappa shape index (κ1) is 11.3. The SMILES string of the molecule is CC(C)(NC(=O)C1=CC=C2C1=CC1=CC12)c1nn[nH]n1. The summed E-state index contributed by atoms with van der Waals surface area (Å²) >= 11 is 0. The first-order chi connectivity index (χ1) is 9.56. The smallest absolute Gasteiger partial charge is 0.252 e. The predicted octanol–water partition coefficient (Wildman–Crippen LogP) is 0.914. The molecule has 0 saturated heterocycles. The molecule has 0 bridgehead atoms. The van der Waals surface area contributed by atoms with Crippen LogP contribution in [0.5, 0.6) is 0 Å². The van der Waals surface area contributed by atoms with Crippen LogP contribution in [0.3, 0.4) is 0 Å². The molecule has 6 heteroatoms. The Balaban J connectivity index is 1.55. The number of carbonyl (C=O) groups excluding carboxylic acids is 1. The van der Waals surface area contributed by atoms with Gasteiger partial charge in [0.25, 0.3) is 5.91 Å². The Morgan fingerprint density at radius 2 is 2.25 bits per heavy atom. The number of carbonyl (C=O) groups is 1. The zero-order valence-corrected chi connectivity index (χ0v) is 11.1. The predicted molar refractivity (Wildman–Crippen MR) is 71.2 cm³/mol. The number of nitrogens with zero attached hydrogens (tertiary/aromatic N) is 3. The minimum Gasteiger partial charge on any atom is -0.340 e. The van der Waals surface area contributed by atoms with Gasteiger partial charge in [-0.25, -0.2) is 0 Å². The molecule has 0 aromatic carbocycles. The Hall–Kier alpha value is -2.50. The van der Waals surface area contributed by atoms with Gasteiger partial charge in [0.05, 0.1) is 5.54 Å². The number of fused-ring (bicyclic) bond motifs is 3. The van der Waals surface area contributed by atoms with E-state index in [-0.39, 0.29) is 5.91 Å². The molecular formula is C14H13N5O. The fraction of sp³-hybridized carbons (Fsp3) is 0.286. The first-order valence-corrected chi connectivity index (χ1v) is 6.49. The summed E-state index contributed by atoms with van der Waals surface area (Å²) in [6, 6.07) is 0. The second-order valence-corrected chi connectivity index (χ2v) is 5.72. The molecule has 0 saturated carbocycles. The topological polar surface area (TPSA) is 83.6 Å². The average Bonchev–Trinajstić information content (AvgIpc) is 2.87. The molecule has 3 aliphatic carbocycles. The molecule has 4 rings (SSSR count). The molecule has 100 valence electrons. The van der Waals surface area contributed by atoms with Gasteiger partial charge in [0.1, 0.15) is 0 Å². The van der Waals surface area contributed by atoms with Crippen molar-refractivity contribution in [2.24, 2.45) is 5.92 Å². The lowest BCUT2D eigenvalue weighted by Crippen LogP contribution is -2.42. The van der Waals surface area contributed by atoms with Gasteiger partial charge >= 0.3 is 0 Å². The van der Waals surface area contributed by atoms with E-state index in [1.165, 1.54) is 11.1 Å². The molecule has 0 spiro atoms. The summed E-state index contributed by atoms with van der Waals surface area (Å²) in [5.74, 6) is 0.805. The third kappa shape index (κ3) is 1.51. The highest BCUT2D eigenvalue weighted by atomic mass is 16.1. The highest BCUT2D eigenvalue weighted by Crippen LogP contribution is 2.51. The highest BCUT2D eigenvalue weighted by molar-refractivity contribution is 6.02. The minimum atomic E-state index is -0.672. The summed E-state index contributed by atoms with van der Waals surface area (Å²) in [7, 11) is 0. The quantitative estimate of drug-likeness (QED) is 0.852. The monoisotopic (exact) mass is 267 g/mol. The van der Waals surface area contributed by atoms with Crippen LogP contribution >= 0.6 is 0 Å². The van der Waals surface area contributed by atoms with Crippen LogP contribution in [0.2, 0.25) is 0 Å². The number of H-pyrrole nitrogens is 1. The van der Waals surface area contributed by atoms with Crippen molar-refractivity contribution in [1.29, 1.82) is 0 Å². The van der Waals surface area contributed by atoms with Gasteiger partial charge < -0.3 is 5.32 Å². The zero-order valence-electron chi connectivity index (χ0n) is 11.1. The van der Waals surface area contributed by atoms with E-state index in [2.05, 4.69) is 38.1 Å². The van der Waals surface area contributed by atoms with Crippen molar-refractivity contribution >= 4 is 5.91 Å². The van der Waals surface area contributed by atoms with Crippen molar-refractivity contribution in [3.8, 4) is 0 Å². The summed E-state index contributed by atoms with van der Waals surface area (Å²) in [6.45, 7) is 3.70. The van der Waals surface area contributed by atoms with E-state index < -0.39 is 5.54 Å². The Morgan fingerprint density at radius 1 is 1.40 bits per heavy atom. The van der Waals surface area contributed by atoms with Crippen LogP contribution in [0, 0.1) is 5.92 Å². The van der Waals surface area contributed by atoms with Crippen molar-refractivity contribution < 1.29 is 4.79 Å². The Morgan fingerprint density at radius 3 is 3.00 bits per heavy atom. The molecule has 1 heterocycles. The van der Waals surface area contributed by atoms with Crippen LogP contribution in [-0.4, -0.2) is 26.5 Å². The van der Waals surface area contributed by atoms with E-state index in [4.69, 9.17) is 0 Å². The van der Waals surface area contributed by atoms with Crippen molar-refractivity contribution in [1.82, 2.24) is 25.9 Å². The third-order valence-corrected chi connectivity index (χ3v) is 3.86. The number of rotatable bonds is 3. The van der Waals surface area contributed by atoms with Crippen LogP contribution in [0.4, 0.5) is 0 Å². The Labute approximate surface area is 115 Å². The molecule has 6 nitrogen and oxygen atoms in total. The lowest BCUT2D eigenvalue weighted by Gasteiger charge is -2.23. The lowest BCUT2D eigenvalue weighted by molar-refractivity contribution is -0.118. The number of hydrogen-bond acceptors (Lipinski definition) is 4. The second-order valence-electron chi connectivity index (χ2n) is 5.72. The molecule has 3 aliphatic rings. The van der Waals surface area contributed by atoms with Crippen LogP contribution < -0.4 is 5.32 Å². The highest BCUT2D eigenvalue weighted by Gasteiger charge is 2.40. The number of aromatic nitrogens is 4. The van der Waals surface area contributed by atoms with Crippen molar-refractivity contribution in [3.63, 3.8) is 0 Å². The maximum absolute atomic E-state index is 12.5. The minimum absolute atomic E-state index is 0.112. The molecule has 1 aromatic heterocycles. The summed E-state index contributed by atoms with van der Waals surface area (Å²) in [4.78, 5) is 12.5. The number of allylic oxidation sites excluding steroid dienone is 6. The van der Waals surface area contributed by atoms with E-state index in [0.717, 1.165) is 5.57 Å². The van der Waals surface area contributed by atoms with Gasteiger partial charge in [-0.2, -0.15) is 5.21 Å². The van der Waals surface area contributed by atoms with Gasteiger partial charge in [-0.05, 0) is 42.7 Å². The number of aromatic amines is 1. The van der Waals surface area contributed by atoms with E-state index >= 15 is 0 Å². The maximum Gasteiger partial charge on any atom is 0.252 e. The maximum atomic E-state index is 12.5. The van der Waals surface area contributed by atoms with E-state index in [9.17, 15) is 4.79 Å². The number of hydrogen-bond donors (Lipinski definition) is 2. The van der Waals surface area contributed by atoms with Gasteiger partial charge in [0.2, 0.25) is 0 Å². The first-order valence-electron chi connectivity index (χ1n) is 6.49. The van der Waals surface area contributed by atoms with Crippen LogP contribution in [0.1, 0.15) is 19.7 Å². The normalized spacial score (nSPS) is 22.4. The lowest BCUT2D eigenvalue weighted by atomic mass is 10.00. The van der Waals surface area contributed by atoms with E-state index in [0.29, 0.717) is 17.3 Å². The van der Waals surface area contributed by atoms with Crippen LogP contribution in [-0.2, 0) is 10.3 Å².